The van der Waals surface area contributed by atoms with Crippen LogP contribution < -0.4 is 0 Å². The van der Waals surface area contributed by atoms with Gasteiger partial charge in [-0.05, 0) is 41.8 Å². The highest BCUT2D eigenvalue weighted by Crippen LogP contribution is 2.30. The first kappa shape index (κ1) is 15.5. The topological polar surface area (TPSA) is 40.5 Å². The summed E-state index contributed by atoms with van der Waals surface area (Å²) in [4.78, 5) is 0. The van der Waals surface area contributed by atoms with Crippen LogP contribution in [0.2, 0.25) is 5.02 Å². The molecule has 4 heteroatoms. The standard InChI is InChI=1S/C16H16BrClO2/c17-14-6-4-13(5-7-14)16(10-19,11-20)9-12-2-1-3-15(18)8-12/h1-8,19-20H,9-11H2. The fraction of sp³-hybridized carbons (Fsp3) is 0.250. The van der Waals surface area contributed by atoms with Crippen molar-refractivity contribution in [1.82, 2.24) is 0 Å². The van der Waals surface area contributed by atoms with E-state index in [1.807, 2.05) is 48.5 Å². The Labute approximate surface area is 132 Å². The Hall–Kier alpha value is -0.870. The van der Waals surface area contributed by atoms with Gasteiger partial charge in [0.25, 0.3) is 0 Å². The molecule has 2 aromatic carbocycles. The maximum absolute atomic E-state index is 9.83. The fourth-order valence-electron chi connectivity index (χ4n) is 2.29. The first-order valence-corrected chi connectivity index (χ1v) is 7.49. The molecule has 0 unspecified atom stereocenters. The molecule has 2 nitrogen and oxygen atoms in total. The van der Waals surface area contributed by atoms with Gasteiger partial charge in [-0.25, -0.2) is 0 Å². The van der Waals surface area contributed by atoms with Crippen molar-refractivity contribution in [2.24, 2.45) is 0 Å². The third kappa shape index (κ3) is 3.41. The zero-order valence-electron chi connectivity index (χ0n) is 10.9. The number of rotatable bonds is 5. The molecular weight excluding hydrogens is 340 g/mol. The molecule has 20 heavy (non-hydrogen) atoms. The van der Waals surface area contributed by atoms with Crippen LogP contribution in [-0.2, 0) is 11.8 Å². The highest BCUT2D eigenvalue weighted by Gasteiger charge is 2.31. The molecule has 2 aromatic rings. The Morgan fingerprint density at radius 2 is 1.65 bits per heavy atom. The number of aliphatic hydroxyl groups excluding tert-OH is 2. The van der Waals surface area contributed by atoms with Crippen molar-refractivity contribution >= 4 is 27.5 Å². The van der Waals surface area contributed by atoms with Crippen molar-refractivity contribution < 1.29 is 10.2 Å². The van der Waals surface area contributed by atoms with Crippen molar-refractivity contribution in [3.8, 4) is 0 Å². The highest BCUT2D eigenvalue weighted by molar-refractivity contribution is 9.10. The predicted molar refractivity (Wildman–Crippen MR) is 85.1 cm³/mol. The minimum atomic E-state index is -0.703. The van der Waals surface area contributed by atoms with Gasteiger partial charge >= 0.3 is 0 Å². The third-order valence-electron chi connectivity index (χ3n) is 3.49. The summed E-state index contributed by atoms with van der Waals surface area (Å²) in [7, 11) is 0. The van der Waals surface area contributed by atoms with E-state index in [9.17, 15) is 10.2 Å². The molecule has 0 atom stereocenters. The Balaban J connectivity index is 2.36. The summed E-state index contributed by atoms with van der Waals surface area (Å²) in [6, 6.07) is 15.1. The van der Waals surface area contributed by atoms with E-state index in [0.717, 1.165) is 15.6 Å². The van der Waals surface area contributed by atoms with E-state index >= 15 is 0 Å². The summed E-state index contributed by atoms with van der Waals surface area (Å²) < 4.78 is 0.966. The van der Waals surface area contributed by atoms with E-state index < -0.39 is 5.41 Å². The lowest BCUT2D eigenvalue weighted by Crippen LogP contribution is -2.37. The smallest absolute Gasteiger partial charge is 0.0553 e. The molecule has 0 aromatic heterocycles. The van der Waals surface area contributed by atoms with Gasteiger partial charge in [-0.15, -0.1) is 0 Å². The summed E-state index contributed by atoms with van der Waals surface area (Å²) in [5.41, 5.74) is 1.19. The minimum Gasteiger partial charge on any atom is -0.395 e. The van der Waals surface area contributed by atoms with E-state index in [0.29, 0.717) is 11.4 Å². The van der Waals surface area contributed by atoms with Crippen molar-refractivity contribution in [3.63, 3.8) is 0 Å². The molecule has 0 saturated heterocycles. The van der Waals surface area contributed by atoms with Crippen LogP contribution in [0.4, 0.5) is 0 Å². The SMILES string of the molecule is OCC(CO)(Cc1cccc(Cl)c1)c1ccc(Br)cc1. The van der Waals surface area contributed by atoms with E-state index in [2.05, 4.69) is 15.9 Å². The van der Waals surface area contributed by atoms with Crippen LogP contribution in [0.25, 0.3) is 0 Å². The monoisotopic (exact) mass is 354 g/mol. The van der Waals surface area contributed by atoms with Crippen LogP contribution in [0.1, 0.15) is 11.1 Å². The van der Waals surface area contributed by atoms with Gasteiger partial charge in [0.2, 0.25) is 0 Å². The summed E-state index contributed by atoms with van der Waals surface area (Å²) >= 11 is 9.39. The van der Waals surface area contributed by atoms with Crippen LogP contribution in [0, 0.1) is 0 Å². The van der Waals surface area contributed by atoms with Crippen LogP contribution in [0.3, 0.4) is 0 Å². The lowest BCUT2D eigenvalue weighted by atomic mass is 9.77. The molecule has 0 aliphatic carbocycles. The maximum atomic E-state index is 9.83. The Kier molecular flexibility index (Phi) is 5.22. The van der Waals surface area contributed by atoms with Crippen molar-refractivity contribution in [1.29, 1.82) is 0 Å². The second-order valence-electron chi connectivity index (χ2n) is 4.91. The maximum Gasteiger partial charge on any atom is 0.0553 e. The molecule has 0 radical (unpaired) electrons. The van der Waals surface area contributed by atoms with Gasteiger partial charge in [0.1, 0.15) is 0 Å². The second-order valence-corrected chi connectivity index (χ2v) is 6.26. The van der Waals surface area contributed by atoms with Gasteiger partial charge in [-0.1, -0.05) is 51.8 Å². The number of aliphatic hydroxyl groups is 2. The molecule has 0 spiro atoms. The molecule has 0 bridgehead atoms. The van der Waals surface area contributed by atoms with E-state index in [1.165, 1.54) is 0 Å². The van der Waals surface area contributed by atoms with Gasteiger partial charge in [-0.3, -0.25) is 0 Å². The number of hydrogen-bond acceptors (Lipinski definition) is 2. The van der Waals surface area contributed by atoms with Crippen LogP contribution in [0.5, 0.6) is 0 Å². The van der Waals surface area contributed by atoms with E-state index in [4.69, 9.17) is 11.6 Å². The summed E-state index contributed by atoms with van der Waals surface area (Å²) in [5.74, 6) is 0. The lowest BCUT2D eigenvalue weighted by Gasteiger charge is -2.30. The van der Waals surface area contributed by atoms with Gasteiger partial charge in [0.15, 0.2) is 0 Å². The zero-order valence-corrected chi connectivity index (χ0v) is 13.2. The quantitative estimate of drug-likeness (QED) is 0.861. The summed E-state index contributed by atoms with van der Waals surface area (Å²) in [6.07, 6.45) is 0.530. The molecule has 106 valence electrons. The van der Waals surface area contributed by atoms with Crippen LogP contribution in [0.15, 0.2) is 53.0 Å². The molecule has 2 rings (SSSR count). The molecule has 0 fully saturated rings. The zero-order chi connectivity index (χ0) is 14.6. The first-order chi connectivity index (χ1) is 9.59. The van der Waals surface area contributed by atoms with Crippen molar-refractivity contribution in [2.45, 2.75) is 11.8 Å². The number of benzene rings is 2. The first-order valence-electron chi connectivity index (χ1n) is 6.32. The lowest BCUT2D eigenvalue weighted by molar-refractivity contribution is 0.116. The predicted octanol–water partition coefficient (Wildman–Crippen LogP) is 3.57. The molecule has 0 heterocycles. The minimum absolute atomic E-state index is 0.127. The summed E-state index contributed by atoms with van der Waals surface area (Å²) in [5, 5.41) is 20.3. The average Bonchev–Trinajstić information content (AvgIpc) is 2.46. The molecule has 0 aliphatic heterocycles. The Bertz CT molecular complexity index is 565. The largest absolute Gasteiger partial charge is 0.395 e. The Morgan fingerprint density at radius 3 is 2.20 bits per heavy atom. The van der Waals surface area contributed by atoms with E-state index in [-0.39, 0.29) is 13.2 Å². The molecule has 2 N–H and O–H groups in total. The Morgan fingerprint density at radius 1 is 1.00 bits per heavy atom. The third-order valence-corrected chi connectivity index (χ3v) is 4.26. The van der Waals surface area contributed by atoms with Crippen molar-refractivity contribution in [2.75, 3.05) is 13.2 Å². The summed E-state index contributed by atoms with van der Waals surface area (Å²) in [6.45, 7) is -0.255. The van der Waals surface area contributed by atoms with Crippen molar-refractivity contribution in [3.05, 3.63) is 69.2 Å². The van der Waals surface area contributed by atoms with Gasteiger partial charge in [0, 0.05) is 14.9 Å². The van der Waals surface area contributed by atoms with Gasteiger partial charge < -0.3 is 10.2 Å². The second kappa shape index (κ2) is 6.72. The number of hydrogen-bond donors (Lipinski definition) is 2. The fourth-order valence-corrected chi connectivity index (χ4v) is 2.76. The van der Waals surface area contributed by atoms with E-state index in [1.54, 1.807) is 0 Å². The molecule has 0 saturated carbocycles. The average molecular weight is 356 g/mol. The molecule has 0 amide bonds. The normalized spacial score (nSPS) is 11.6. The van der Waals surface area contributed by atoms with Gasteiger partial charge in [0.05, 0.1) is 13.2 Å². The molecular formula is C16H16BrClO2. The van der Waals surface area contributed by atoms with Gasteiger partial charge in [-0.2, -0.15) is 0 Å². The van der Waals surface area contributed by atoms with Crippen LogP contribution in [-0.4, -0.2) is 23.4 Å². The highest BCUT2D eigenvalue weighted by atomic mass is 79.9. The molecule has 0 aliphatic rings. The number of halogens is 2. The van der Waals surface area contributed by atoms with Crippen LogP contribution >= 0.6 is 27.5 Å².